The number of allylic oxidation sites excluding steroid dienone is 2. The summed E-state index contributed by atoms with van der Waals surface area (Å²) in [4.78, 5) is 12.4. The largest absolute Gasteiger partial charge is 0.500 e. The molecule has 0 spiro atoms. The predicted octanol–water partition coefficient (Wildman–Crippen LogP) is 4.13. The lowest BCUT2D eigenvalue weighted by molar-refractivity contribution is -0.114. The third-order valence-corrected chi connectivity index (χ3v) is 4.14. The minimum Gasteiger partial charge on any atom is -0.500 e. The maximum atomic E-state index is 14.7. The summed E-state index contributed by atoms with van der Waals surface area (Å²) in [7, 11) is 2.93. The Morgan fingerprint density at radius 1 is 1.35 bits per heavy atom. The van der Waals surface area contributed by atoms with Crippen LogP contribution in [0.2, 0.25) is 0 Å². The third kappa shape index (κ3) is 3.35. The lowest BCUT2D eigenvalue weighted by Crippen LogP contribution is -2.20. The van der Waals surface area contributed by atoms with Crippen LogP contribution in [0, 0.1) is 23.0 Å². The molecule has 1 aromatic carbocycles. The molecule has 5 heteroatoms. The van der Waals surface area contributed by atoms with Crippen molar-refractivity contribution in [1.82, 2.24) is 0 Å². The molecule has 0 fully saturated rings. The first kappa shape index (κ1) is 17.4. The highest BCUT2D eigenvalue weighted by Gasteiger charge is 2.33. The van der Waals surface area contributed by atoms with E-state index < -0.39 is 5.82 Å². The molecule has 1 aliphatic rings. The van der Waals surface area contributed by atoms with E-state index in [0.717, 1.165) is 6.42 Å². The first-order valence-corrected chi connectivity index (χ1v) is 7.76. The number of halogens is 2. The molecule has 1 atom stereocenters. The van der Waals surface area contributed by atoms with Gasteiger partial charge >= 0.3 is 0 Å². The Balaban J connectivity index is 2.73. The number of carbonyl (C=O) groups excluding carboxylic acids is 1. The Hall–Kier alpha value is -1.99. The highest BCUT2D eigenvalue weighted by Crippen LogP contribution is 2.40. The molecule has 0 aromatic heterocycles. The van der Waals surface area contributed by atoms with Gasteiger partial charge in [0.05, 0.1) is 25.4 Å². The second-order valence-corrected chi connectivity index (χ2v) is 5.45. The second-order valence-electron chi connectivity index (χ2n) is 5.27. The zero-order valence-electron chi connectivity index (χ0n) is 13.3. The van der Waals surface area contributed by atoms with Crippen molar-refractivity contribution in [3.63, 3.8) is 0 Å². The van der Waals surface area contributed by atoms with Crippen molar-refractivity contribution in [3.8, 4) is 17.0 Å². The molecule has 1 unspecified atom stereocenters. The number of carbonyl (C=O) groups is 1. The Labute approximate surface area is 140 Å². The van der Waals surface area contributed by atoms with Crippen molar-refractivity contribution in [3.05, 3.63) is 34.8 Å². The smallest absolute Gasteiger partial charge is 0.167 e. The highest BCUT2D eigenvalue weighted by molar-refractivity contribution is 6.30. The van der Waals surface area contributed by atoms with Gasteiger partial charge in [0.1, 0.15) is 17.3 Å². The lowest BCUT2D eigenvalue weighted by Gasteiger charge is -2.27. The van der Waals surface area contributed by atoms with E-state index in [4.69, 9.17) is 21.1 Å². The monoisotopic (exact) mass is 336 g/mol. The van der Waals surface area contributed by atoms with Gasteiger partial charge < -0.3 is 9.47 Å². The Bertz CT molecular complexity index is 713. The quantitative estimate of drug-likeness (QED) is 0.776. The fraction of sp³-hybridized carbons (Fsp3) is 0.389. The van der Waals surface area contributed by atoms with E-state index in [0.29, 0.717) is 24.2 Å². The zero-order valence-corrected chi connectivity index (χ0v) is 14.1. The van der Waals surface area contributed by atoms with Gasteiger partial charge in [0.2, 0.25) is 0 Å². The van der Waals surface area contributed by atoms with E-state index in [-0.39, 0.29) is 28.6 Å². The summed E-state index contributed by atoms with van der Waals surface area (Å²) < 4.78 is 25.4. The van der Waals surface area contributed by atoms with Crippen LogP contribution in [0.25, 0.3) is 5.57 Å². The van der Waals surface area contributed by atoms with Gasteiger partial charge in [0.25, 0.3) is 0 Å². The minimum atomic E-state index is -0.576. The lowest BCUT2D eigenvalue weighted by atomic mass is 9.82. The number of ketones is 1. The van der Waals surface area contributed by atoms with Crippen molar-refractivity contribution in [2.45, 2.75) is 26.2 Å². The van der Waals surface area contributed by atoms with Crippen LogP contribution >= 0.6 is 11.6 Å². The van der Waals surface area contributed by atoms with E-state index >= 15 is 0 Å². The fourth-order valence-electron chi connectivity index (χ4n) is 2.94. The van der Waals surface area contributed by atoms with Crippen LogP contribution in [-0.2, 0) is 9.53 Å². The second kappa shape index (κ2) is 7.52. The molecule has 0 bridgehead atoms. The van der Waals surface area contributed by atoms with E-state index in [1.807, 2.05) is 6.92 Å². The van der Waals surface area contributed by atoms with Gasteiger partial charge in [-0.1, -0.05) is 6.92 Å². The van der Waals surface area contributed by atoms with E-state index in [9.17, 15) is 9.18 Å². The summed E-state index contributed by atoms with van der Waals surface area (Å²) in [6.45, 7) is 2.02. The normalized spacial score (nSPS) is 17.6. The molecule has 122 valence electrons. The minimum absolute atomic E-state index is 0.0964. The molecule has 0 amide bonds. The topological polar surface area (TPSA) is 35.5 Å². The number of Topliss-reactive ketones (excluding diaryl/α,β-unsaturated/α-hetero) is 1. The summed E-state index contributed by atoms with van der Waals surface area (Å²) in [5.74, 6) is 2.72. The van der Waals surface area contributed by atoms with Gasteiger partial charge in [-0.15, -0.1) is 0 Å². The number of hydrogen-bond acceptors (Lipinski definition) is 3. The van der Waals surface area contributed by atoms with Crippen molar-refractivity contribution < 1.29 is 18.7 Å². The molecule has 0 aliphatic heterocycles. The van der Waals surface area contributed by atoms with Gasteiger partial charge in [0, 0.05) is 23.3 Å². The van der Waals surface area contributed by atoms with Gasteiger partial charge in [-0.05, 0) is 42.5 Å². The Morgan fingerprint density at radius 2 is 2.09 bits per heavy atom. The number of rotatable bonds is 4. The van der Waals surface area contributed by atoms with Crippen LogP contribution < -0.4 is 4.74 Å². The molecule has 23 heavy (non-hydrogen) atoms. The molecule has 0 N–H and O–H groups in total. The summed E-state index contributed by atoms with van der Waals surface area (Å²) in [6.07, 6.45) is 1.90. The SMILES string of the molecule is CCC1CCC(=O)C(c2c(F)cc(C#CCl)cc2OC)=C1OC. The molecule has 0 saturated heterocycles. The van der Waals surface area contributed by atoms with Gasteiger partial charge in [-0.2, -0.15) is 0 Å². The molecule has 3 nitrogen and oxygen atoms in total. The molecule has 0 saturated carbocycles. The van der Waals surface area contributed by atoms with Crippen LogP contribution in [0.4, 0.5) is 4.39 Å². The third-order valence-electron chi connectivity index (χ3n) is 4.04. The van der Waals surface area contributed by atoms with Gasteiger partial charge in [0.15, 0.2) is 5.78 Å². The number of methoxy groups -OCH3 is 2. The molecule has 2 rings (SSSR count). The molecule has 0 radical (unpaired) electrons. The van der Waals surface area contributed by atoms with Crippen molar-refractivity contribution in [2.24, 2.45) is 5.92 Å². The average molecular weight is 337 g/mol. The van der Waals surface area contributed by atoms with E-state index in [1.54, 1.807) is 6.07 Å². The van der Waals surface area contributed by atoms with Crippen molar-refractivity contribution >= 4 is 23.0 Å². The maximum absolute atomic E-state index is 14.7. The first-order chi connectivity index (χ1) is 11.1. The average Bonchev–Trinajstić information content (AvgIpc) is 2.55. The fourth-order valence-corrected chi connectivity index (χ4v) is 3.04. The molecule has 0 heterocycles. The summed E-state index contributed by atoms with van der Waals surface area (Å²) in [5.41, 5.74) is 0.783. The summed E-state index contributed by atoms with van der Waals surface area (Å²) in [6, 6.07) is 2.81. The Kier molecular flexibility index (Phi) is 5.68. The van der Waals surface area contributed by atoms with Crippen molar-refractivity contribution in [2.75, 3.05) is 14.2 Å². The van der Waals surface area contributed by atoms with E-state index in [1.165, 1.54) is 20.3 Å². The molecule has 1 aliphatic carbocycles. The number of ether oxygens (including phenoxy) is 2. The number of benzene rings is 1. The molecule has 1 aromatic rings. The maximum Gasteiger partial charge on any atom is 0.167 e. The van der Waals surface area contributed by atoms with Crippen LogP contribution in [0.1, 0.15) is 37.3 Å². The Morgan fingerprint density at radius 3 is 2.65 bits per heavy atom. The standard InChI is InChI=1S/C18H18ClFO3/c1-4-12-5-6-14(21)17(18(12)23-3)16-13(20)9-11(7-8-19)10-15(16)22-2/h9-10,12H,4-6H2,1-3H3. The van der Waals surface area contributed by atoms with Crippen LogP contribution in [0.3, 0.4) is 0 Å². The van der Waals surface area contributed by atoms with E-state index in [2.05, 4.69) is 11.3 Å². The van der Waals surface area contributed by atoms with Crippen LogP contribution in [-0.4, -0.2) is 20.0 Å². The molecular weight excluding hydrogens is 319 g/mol. The van der Waals surface area contributed by atoms with Crippen LogP contribution in [0.5, 0.6) is 5.75 Å². The van der Waals surface area contributed by atoms with Crippen LogP contribution in [0.15, 0.2) is 17.9 Å². The van der Waals surface area contributed by atoms with Gasteiger partial charge in [-0.3, -0.25) is 4.79 Å². The predicted molar refractivity (Wildman–Crippen MR) is 87.6 cm³/mol. The highest BCUT2D eigenvalue weighted by atomic mass is 35.5. The van der Waals surface area contributed by atoms with Crippen molar-refractivity contribution in [1.29, 1.82) is 0 Å². The zero-order chi connectivity index (χ0) is 17.0. The first-order valence-electron chi connectivity index (χ1n) is 7.38. The molecular formula is C18H18ClFO3. The van der Waals surface area contributed by atoms with Gasteiger partial charge in [-0.25, -0.2) is 4.39 Å². The number of hydrogen-bond donors (Lipinski definition) is 0. The summed E-state index contributed by atoms with van der Waals surface area (Å²) in [5, 5.41) is 2.20. The summed E-state index contributed by atoms with van der Waals surface area (Å²) >= 11 is 5.37.